The minimum Gasteiger partial charge on any atom is -0.494 e. The molecule has 0 fully saturated rings. The third-order valence-electron chi connectivity index (χ3n) is 3.16. The molecule has 0 saturated carbocycles. The minimum atomic E-state index is -4.45. The van der Waals surface area contributed by atoms with Gasteiger partial charge >= 0.3 is 6.18 Å². The molecule has 2 N–H and O–H groups in total. The second kappa shape index (κ2) is 13.2. The molecule has 0 aromatic heterocycles. The number of aliphatic hydroxyl groups is 1. The third-order valence-corrected chi connectivity index (χ3v) is 3.55. The Bertz CT molecular complexity index is 658. The fourth-order valence-electron chi connectivity index (χ4n) is 1.96. The van der Waals surface area contributed by atoms with Crippen molar-refractivity contribution in [1.82, 2.24) is 5.32 Å². The molecule has 1 aliphatic rings. The van der Waals surface area contributed by atoms with E-state index in [4.69, 9.17) is 21.4 Å². The van der Waals surface area contributed by atoms with Gasteiger partial charge in [0.25, 0.3) is 0 Å². The zero-order valence-corrected chi connectivity index (χ0v) is 16.6. The first kappa shape index (κ1) is 25.9. The van der Waals surface area contributed by atoms with E-state index in [1.807, 2.05) is 20.8 Å². The van der Waals surface area contributed by atoms with Gasteiger partial charge in [-0.25, -0.2) is 4.39 Å². The van der Waals surface area contributed by atoms with Gasteiger partial charge in [0.1, 0.15) is 18.2 Å². The molecule has 1 aliphatic carbocycles. The maximum atomic E-state index is 12.5. The minimum absolute atomic E-state index is 0.0887. The van der Waals surface area contributed by atoms with Crippen LogP contribution in [-0.4, -0.2) is 30.4 Å². The molecular weight excluding hydrogens is 402 g/mol. The molecule has 0 radical (unpaired) electrons. The van der Waals surface area contributed by atoms with Crippen molar-refractivity contribution in [2.75, 3.05) is 13.2 Å². The number of hydrogen-bond donors (Lipinski definition) is 2. The number of carbonyl (C=O) groups is 1. The molecule has 0 aliphatic heterocycles. The fourth-order valence-corrected chi connectivity index (χ4v) is 2.23. The van der Waals surface area contributed by atoms with Gasteiger partial charge in [0.2, 0.25) is 5.91 Å². The number of benzene rings is 1. The van der Waals surface area contributed by atoms with E-state index in [2.05, 4.69) is 5.32 Å². The number of alkyl halides is 3. The molecule has 2 rings (SSSR count). The molecule has 0 bridgehead atoms. The lowest BCUT2D eigenvalue weighted by molar-refractivity contribution is -0.162. The first-order valence-corrected chi connectivity index (χ1v) is 8.97. The van der Waals surface area contributed by atoms with Crippen molar-refractivity contribution in [2.45, 2.75) is 33.4 Å². The lowest BCUT2D eigenvalue weighted by atomic mass is 9.97. The van der Waals surface area contributed by atoms with E-state index in [0.717, 1.165) is 6.08 Å². The molecule has 0 spiro atoms. The maximum absolute atomic E-state index is 12.5. The Morgan fingerprint density at radius 3 is 2.29 bits per heavy atom. The molecule has 1 unspecified atom stereocenters. The molecule has 1 aromatic rings. The van der Waals surface area contributed by atoms with Crippen molar-refractivity contribution in [1.29, 1.82) is 0 Å². The van der Waals surface area contributed by atoms with Crippen molar-refractivity contribution in [2.24, 2.45) is 5.92 Å². The topological polar surface area (TPSA) is 58.6 Å². The summed E-state index contributed by atoms with van der Waals surface area (Å²) < 4.78 is 54.8. The normalized spacial score (nSPS) is 15.7. The van der Waals surface area contributed by atoms with Crippen LogP contribution >= 0.6 is 11.6 Å². The van der Waals surface area contributed by atoms with Crippen LogP contribution in [0.4, 0.5) is 17.6 Å². The number of aliphatic hydroxyl groups excluding tert-OH is 1. The monoisotopic (exact) mass is 425 g/mol. The summed E-state index contributed by atoms with van der Waals surface area (Å²) in [5.41, 5.74) is 0.0887. The van der Waals surface area contributed by atoms with Crippen molar-refractivity contribution in [3.05, 3.63) is 53.0 Å². The van der Waals surface area contributed by atoms with Gasteiger partial charge in [-0.2, -0.15) is 13.2 Å². The lowest BCUT2D eigenvalue weighted by Gasteiger charge is -2.24. The molecule has 9 heteroatoms. The molecule has 28 heavy (non-hydrogen) atoms. The highest BCUT2D eigenvalue weighted by Crippen LogP contribution is 2.39. The van der Waals surface area contributed by atoms with Crippen LogP contribution < -0.4 is 10.1 Å². The van der Waals surface area contributed by atoms with E-state index >= 15 is 0 Å². The van der Waals surface area contributed by atoms with Crippen LogP contribution in [-0.2, 0) is 4.79 Å². The quantitative estimate of drug-likeness (QED) is 0.672. The summed E-state index contributed by atoms with van der Waals surface area (Å²) in [5.74, 6) is -2.07. The van der Waals surface area contributed by atoms with Gasteiger partial charge in [0, 0.05) is 17.2 Å². The predicted molar refractivity (Wildman–Crippen MR) is 100 cm³/mol. The van der Waals surface area contributed by atoms with Crippen LogP contribution in [0, 0.1) is 11.7 Å². The standard InChI is InChI=1S/C9H9ClF3NO2.C8H9FO.C2H6/c10-7-2-1-5(14-8(16)4-15)3-6(7)9(11,12)13;1-2-10-8-5-3-7(9)4-6-8;1-2/h1-2,6,15H,3-4H2,(H,14,16);3-6H,2H2,1H3;1-2H3. The summed E-state index contributed by atoms with van der Waals surface area (Å²) in [6.45, 7) is 5.74. The molecule has 0 saturated heterocycles. The Morgan fingerprint density at radius 1 is 1.25 bits per heavy atom. The summed E-state index contributed by atoms with van der Waals surface area (Å²) in [7, 11) is 0. The van der Waals surface area contributed by atoms with E-state index < -0.39 is 31.0 Å². The van der Waals surface area contributed by atoms with Gasteiger partial charge < -0.3 is 15.2 Å². The summed E-state index contributed by atoms with van der Waals surface area (Å²) in [4.78, 5) is 10.8. The van der Waals surface area contributed by atoms with Crippen molar-refractivity contribution in [3.8, 4) is 5.75 Å². The number of rotatable bonds is 4. The molecule has 1 amide bonds. The van der Waals surface area contributed by atoms with Gasteiger partial charge in [-0.3, -0.25) is 4.79 Å². The molecule has 158 valence electrons. The molecule has 0 heterocycles. The highest BCUT2D eigenvalue weighted by atomic mass is 35.5. The average molecular weight is 426 g/mol. The van der Waals surface area contributed by atoms with E-state index in [9.17, 15) is 22.4 Å². The first-order valence-electron chi connectivity index (χ1n) is 8.59. The Balaban J connectivity index is 0.000000520. The smallest absolute Gasteiger partial charge is 0.396 e. The average Bonchev–Trinajstić information content (AvgIpc) is 2.66. The van der Waals surface area contributed by atoms with Gasteiger partial charge in [0.15, 0.2) is 0 Å². The second-order valence-electron chi connectivity index (χ2n) is 5.14. The van der Waals surface area contributed by atoms with Crippen molar-refractivity contribution >= 4 is 17.5 Å². The Kier molecular flexibility index (Phi) is 12.2. The fraction of sp³-hybridized carbons (Fsp3) is 0.421. The summed E-state index contributed by atoms with van der Waals surface area (Å²) in [5, 5.41) is 10.3. The number of carbonyl (C=O) groups excluding carboxylic acids is 1. The lowest BCUT2D eigenvalue weighted by Crippen LogP contribution is -2.32. The predicted octanol–water partition coefficient (Wildman–Crippen LogP) is 4.93. The van der Waals surface area contributed by atoms with E-state index in [1.165, 1.54) is 18.2 Å². The number of allylic oxidation sites excluding steroid dienone is 4. The largest absolute Gasteiger partial charge is 0.494 e. The highest BCUT2D eigenvalue weighted by molar-refractivity contribution is 6.30. The van der Waals surface area contributed by atoms with Crippen LogP contribution in [0.5, 0.6) is 5.75 Å². The third kappa shape index (κ3) is 9.75. The molecule has 1 atom stereocenters. The van der Waals surface area contributed by atoms with Crippen LogP contribution in [0.25, 0.3) is 0 Å². The highest BCUT2D eigenvalue weighted by Gasteiger charge is 2.42. The summed E-state index contributed by atoms with van der Waals surface area (Å²) in [6.07, 6.45) is -2.49. The number of halogens is 5. The van der Waals surface area contributed by atoms with Gasteiger partial charge in [-0.15, -0.1) is 0 Å². The number of amides is 1. The van der Waals surface area contributed by atoms with E-state index in [-0.39, 0.29) is 16.5 Å². The van der Waals surface area contributed by atoms with Crippen molar-refractivity contribution in [3.63, 3.8) is 0 Å². The van der Waals surface area contributed by atoms with E-state index in [1.54, 1.807) is 12.1 Å². The molecular formula is C19H24ClF4NO3. The number of nitrogens with one attached hydrogen (secondary N) is 1. The second-order valence-corrected chi connectivity index (χ2v) is 5.57. The van der Waals surface area contributed by atoms with Crippen LogP contribution in [0.2, 0.25) is 0 Å². The van der Waals surface area contributed by atoms with Crippen LogP contribution in [0.1, 0.15) is 27.2 Å². The Hall–Kier alpha value is -2.06. The van der Waals surface area contributed by atoms with Gasteiger partial charge in [0.05, 0.1) is 12.5 Å². The van der Waals surface area contributed by atoms with Crippen LogP contribution in [0.3, 0.4) is 0 Å². The van der Waals surface area contributed by atoms with Gasteiger partial charge in [-0.05, 0) is 43.3 Å². The first-order chi connectivity index (χ1) is 13.2. The molecule has 1 aromatic carbocycles. The SMILES string of the molecule is CC.CCOc1ccc(F)cc1.O=C(CO)NC1=CC=C(Cl)C(C(F)(F)F)C1. The molecule has 4 nitrogen and oxygen atoms in total. The van der Waals surface area contributed by atoms with Crippen molar-refractivity contribution < 1.29 is 32.2 Å². The maximum Gasteiger partial charge on any atom is 0.396 e. The zero-order valence-electron chi connectivity index (χ0n) is 15.8. The summed E-state index contributed by atoms with van der Waals surface area (Å²) >= 11 is 5.44. The Morgan fingerprint density at radius 2 is 1.82 bits per heavy atom. The van der Waals surface area contributed by atoms with E-state index in [0.29, 0.717) is 12.4 Å². The van der Waals surface area contributed by atoms with Gasteiger partial charge in [-0.1, -0.05) is 25.4 Å². The number of ether oxygens (including phenoxy) is 1. The number of hydrogen-bond acceptors (Lipinski definition) is 3. The summed E-state index contributed by atoms with van der Waals surface area (Å²) in [6, 6.07) is 5.98. The Labute approximate surface area is 166 Å². The zero-order chi connectivity index (χ0) is 21.7. The van der Waals surface area contributed by atoms with Crippen LogP contribution in [0.15, 0.2) is 47.1 Å².